The fourth-order valence-electron chi connectivity index (χ4n) is 23.8. The second kappa shape index (κ2) is 4.62. The normalized spacial score (nSPS) is 23.4. The first-order valence-corrected chi connectivity index (χ1v) is 23.4. The average Bonchev–Trinajstić information content (AvgIpc) is 4.12. The van der Waals surface area contributed by atoms with E-state index < -0.39 is 11.0 Å². The number of nitrogens with zero attached hydrogens (tertiary/aromatic N) is 1. The zero-order valence-corrected chi connectivity index (χ0v) is 31.4. The minimum Gasteiger partial charge on any atom is -0.378 e. The van der Waals surface area contributed by atoms with Gasteiger partial charge < -0.3 is 4.84 Å². The van der Waals surface area contributed by atoms with Crippen LogP contribution in [-0.4, -0.2) is 6.21 Å². The third kappa shape index (κ3) is 1.05. The molecule has 0 aromatic heterocycles. The molecule has 0 atom stereocenters. The number of rotatable bonds is 0. The molecule has 2 nitrogen and oxygen atoms in total. The third-order valence-electron chi connectivity index (χ3n) is 23.7. The molecule has 63 heavy (non-hydrogen) atoms. The summed E-state index contributed by atoms with van der Waals surface area (Å²) in [5.41, 5.74) is 4.94. The van der Waals surface area contributed by atoms with Gasteiger partial charge in [0.25, 0.3) is 0 Å². The van der Waals surface area contributed by atoms with Crippen molar-refractivity contribution in [1.29, 1.82) is 0 Å². The standard InChI is InChI=1S/C61HNO/c1-60-56-48-40-30-20-12-4-2-3-6-10-8(4)16-24-18(10)28-22-14(6)15-7(3)11-9-5(2)13(12)21-27-17(9)25-19(11)29-23(15)33-32(22)44-38(28)46-36(24)42(34(40)26(16)20)50(56)52(46)58-54(44)55-45(33)39(29)47-37(25)43-35(27)41(31(21)30)49(48)57(60)51(43)53(47)59(55)61(58,60)63-62-1/h1H. The summed E-state index contributed by atoms with van der Waals surface area (Å²) in [6, 6.07) is 0. The first-order valence-electron chi connectivity index (χ1n) is 23.4. The monoisotopic (exact) mass is 763 g/mol. The fraction of sp³-hybridized carbons (Fsp3) is 0.0328. The van der Waals surface area contributed by atoms with Gasteiger partial charge in [0, 0.05) is 11.1 Å². The van der Waals surface area contributed by atoms with E-state index in [1.807, 2.05) is 0 Å². The van der Waals surface area contributed by atoms with E-state index in [1.165, 1.54) is 11.1 Å². The van der Waals surface area contributed by atoms with E-state index in [-0.39, 0.29) is 0 Å². The van der Waals surface area contributed by atoms with Crippen LogP contribution in [-0.2, 0) is 15.9 Å². The highest BCUT2D eigenvalue weighted by atomic mass is 16.7. The smallest absolute Gasteiger partial charge is 0.208 e. The quantitative estimate of drug-likeness (QED) is 0.141. The Kier molecular flexibility index (Phi) is 1.59. The maximum Gasteiger partial charge on any atom is 0.208 e. The molecule has 0 saturated heterocycles. The maximum absolute atomic E-state index is 7.71. The van der Waals surface area contributed by atoms with E-state index >= 15 is 0 Å². The molecule has 28 aromatic carbocycles. The van der Waals surface area contributed by atoms with Gasteiger partial charge >= 0.3 is 0 Å². The van der Waals surface area contributed by atoms with Gasteiger partial charge in [-0.1, -0.05) is 5.16 Å². The molecule has 0 radical (unpaired) electrons. The van der Waals surface area contributed by atoms with Gasteiger partial charge in [-0.3, -0.25) is 0 Å². The summed E-state index contributed by atoms with van der Waals surface area (Å²) in [5.74, 6) is 0. The van der Waals surface area contributed by atoms with E-state index in [9.17, 15) is 0 Å². The molecule has 2 spiro atoms. The predicted octanol–water partition coefficient (Wildman–Crippen LogP) is 16.3. The zero-order valence-electron chi connectivity index (χ0n) is 31.4. The number of benzene rings is 18. The van der Waals surface area contributed by atoms with Crippen molar-refractivity contribution in [3.05, 3.63) is 22.3 Å². The van der Waals surface area contributed by atoms with Gasteiger partial charge in [-0.15, -0.1) is 0 Å². The van der Waals surface area contributed by atoms with Crippen molar-refractivity contribution in [3.63, 3.8) is 0 Å². The molecule has 5 aliphatic rings. The Morgan fingerprint density at radius 3 is 0.508 bits per heavy atom. The van der Waals surface area contributed by atoms with Gasteiger partial charge in [0.1, 0.15) is 5.41 Å². The van der Waals surface area contributed by atoms with Crippen LogP contribution in [0.15, 0.2) is 5.16 Å². The second-order valence-electron chi connectivity index (χ2n) is 23.6. The Labute approximate surface area is 338 Å². The van der Waals surface area contributed by atoms with Crippen molar-refractivity contribution in [2.24, 2.45) is 5.16 Å². The highest BCUT2D eigenvalue weighted by Crippen LogP contribution is 2.84. The Hall–Kier alpha value is -8.07. The third-order valence-corrected chi connectivity index (χ3v) is 23.7. The van der Waals surface area contributed by atoms with Gasteiger partial charge in [0.15, 0.2) is 0 Å². The van der Waals surface area contributed by atoms with E-state index in [0.29, 0.717) is 0 Å². The Balaban J connectivity index is 1.31. The highest BCUT2D eigenvalue weighted by molar-refractivity contribution is 6.82. The molecule has 33 rings (SSSR count). The molecule has 0 bridgehead atoms. The summed E-state index contributed by atoms with van der Waals surface area (Å²) in [7, 11) is 0. The molecule has 28 aromatic rings. The van der Waals surface area contributed by atoms with E-state index in [4.69, 9.17) is 9.99 Å². The lowest BCUT2D eigenvalue weighted by molar-refractivity contribution is -0.0122. The van der Waals surface area contributed by atoms with Gasteiger partial charge in [0.05, 0.1) is 6.21 Å². The van der Waals surface area contributed by atoms with Crippen LogP contribution < -0.4 is 0 Å². The molecule has 0 saturated carbocycles. The molecule has 1 heterocycles. The molecule has 1 aliphatic heterocycles. The van der Waals surface area contributed by atoms with Crippen LogP contribution in [0.3, 0.4) is 0 Å². The molecule has 2 heteroatoms. The predicted molar refractivity (Wildman–Crippen MR) is 263 cm³/mol. The fourth-order valence-corrected chi connectivity index (χ4v) is 23.8. The van der Waals surface area contributed by atoms with Crippen LogP contribution in [0.25, 0.3) is 291 Å². The summed E-state index contributed by atoms with van der Waals surface area (Å²) in [6.45, 7) is 0. The van der Waals surface area contributed by atoms with E-state index in [2.05, 4.69) is 6.21 Å². The number of oxime groups is 1. The second-order valence-corrected chi connectivity index (χ2v) is 23.6. The molecule has 0 amide bonds. The summed E-state index contributed by atoms with van der Waals surface area (Å²) in [4.78, 5) is 7.71. The molecule has 0 unspecified atom stereocenters. The summed E-state index contributed by atoms with van der Waals surface area (Å²) >= 11 is 0. The molecule has 4 aliphatic carbocycles. The van der Waals surface area contributed by atoms with Crippen molar-refractivity contribution < 1.29 is 4.84 Å². The van der Waals surface area contributed by atoms with Gasteiger partial charge in [-0.2, -0.15) is 0 Å². The van der Waals surface area contributed by atoms with Gasteiger partial charge in [0.2, 0.25) is 5.60 Å². The highest BCUT2D eigenvalue weighted by Gasteiger charge is 2.73. The minimum absolute atomic E-state index is 0.516. The largest absolute Gasteiger partial charge is 0.378 e. The molecular formula is C61HNO. The van der Waals surface area contributed by atoms with Crippen molar-refractivity contribution in [3.8, 4) is 0 Å². The van der Waals surface area contributed by atoms with Gasteiger partial charge in [-0.25, -0.2) is 0 Å². The summed E-state index contributed by atoms with van der Waals surface area (Å²) in [5, 5.41) is 92.6. The average molecular weight is 764 g/mol. The molecular weight excluding hydrogens is 763 g/mol. The molecule has 0 N–H and O–H groups in total. The lowest BCUT2D eigenvalue weighted by Crippen LogP contribution is -2.50. The number of hydrogen-bond donors (Lipinski definition) is 0. The van der Waals surface area contributed by atoms with Crippen LogP contribution in [0.2, 0.25) is 0 Å². The van der Waals surface area contributed by atoms with Crippen LogP contribution in [0.5, 0.6) is 0 Å². The first kappa shape index (κ1) is 21.6. The molecule has 0 fully saturated rings. The van der Waals surface area contributed by atoms with Crippen molar-refractivity contribution in [1.82, 2.24) is 0 Å². The minimum atomic E-state index is -0.724. The van der Waals surface area contributed by atoms with E-state index in [0.717, 1.165) is 0 Å². The first-order chi connectivity index (χ1) is 31.4. The summed E-state index contributed by atoms with van der Waals surface area (Å²) < 4.78 is 0. The SMILES string of the molecule is C1=NOC23c4c5c6c7c8c9c(c%10c%11c2c2c4c4c%12c5c5c6c6c8c8c%13c9c9c%10c%10c%11c%11c2c2c4c4c%12c%12c5c5c6c8c6c8c%13c9c9c%10c%10c%11c2c2c4c4c%12c5c6c5c8c9c%10c2c45)C173. The lowest BCUT2D eigenvalue weighted by atomic mass is 9.55. The summed E-state index contributed by atoms with van der Waals surface area (Å²) in [6.07, 6.45) is 2.42. The maximum atomic E-state index is 7.71. The van der Waals surface area contributed by atoms with Crippen LogP contribution in [0.4, 0.5) is 0 Å². The van der Waals surface area contributed by atoms with Crippen LogP contribution >= 0.6 is 0 Å². The number of hydrogen-bond acceptors (Lipinski definition) is 2. The zero-order chi connectivity index (χ0) is 36.6. The lowest BCUT2D eigenvalue weighted by Gasteiger charge is -2.46. The van der Waals surface area contributed by atoms with Crippen molar-refractivity contribution in [2.75, 3.05) is 0 Å². The van der Waals surface area contributed by atoms with E-state index in [1.54, 1.807) is 302 Å². The van der Waals surface area contributed by atoms with Crippen molar-refractivity contribution in [2.45, 2.75) is 11.0 Å². The topological polar surface area (TPSA) is 21.6 Å². The van der Waals surface area contributed by atoms with Crippen LogP contribution in [0, 0.1) is 0 Å². The van der Waals surface area contributed by atoms with Gasteiger partial charge in [-0.05, 0) is 302 Å². The Morgan fingerprint density at radius 2 is 0.333 bits per heavy atom. The van der Waals surface area contributed by atoms with Crippen molar-refractivity contribution >= 4 is 297 Å². The van der Waals surface area contributed by atoms with Crippen LogP contribution in [0.1, 0.15) is 22.3 Å². The Bertz CT molecular complexity index is 6800. The Morgan fingerprint density at radius 1 is 0.190 bits per heavy atom. The molecule has 256 valence electrons.